The maximum Gasteiger partial charge on any atom is 0.134 e. The van der Waals surface area contributed by atoms with Gasteiger partial charge in [-0.1, -0.05) is 11.6 Å². The molecule has 0 bridgehead atoms. The molecule has 2 aliphatic rings. The van der Waals surface area contributed by atoms with Crippen molar-refractivity contribution < 1.29 is 5.11 Å². The number of phenolic OH excluding ortho intramolecular Hbond substituents is 1. The fraction of sp³-hybridized carbons (Fsp3) is 0.571. The van der Waals surface area contributed by atoms with E-state index in [0.29, 0.717) is 27.2 Å². The number of hydrogen-bond acceptors (Lipinski definition) is 3. The number of phenols is 1. The molecule has 3 nitrogen and oxygen atoms in total. The van der Waals surface area contributed by atoms with Crippen LogP contribution in [0.15, 0.2) is 16.6 Å². The van der Waals surface area contributed by atoms with Gasteiger partial charge in [0.2, 0.25) is 0 Å². The first kappa shape index (κ1) is 19.3. The van der Waals surface area contributed by atoms with Crippen molar-refractivity contribution in [2.24, 2.45) is 5.92 Å². The molecular weight excluding hydrogens is 398 g/mol. The van der Waals surface area contributed by atoms with E-state index in [-0.39, 0.29) is 24.8 Å². The fourth-order valence-electron chi connectivity index (χ4n) is 2.93. The largest absolute Gasteiger partial charge is 0.506 e. The lowest BCUT2D eigenvalue weighted by molar-refractivity contribution is 0.153. The van der Waals surface area contributed by atoms with Gasteiger partial charge in [-0.2, -0.15) is 0 Å². The second-order valence-corrected chi connectivity index (χ2v) is 6.68. The third-order valence-corrected chi connectivity index (χ3v) is 4.81. The van der Waals surface area contributed by atoms with Gasteiger partial charge in [0.05, 0.1) is 4.47 Å². The van der Waals surface area contributed by atoms with E-state index < -0.39 is 0 Å². The number of rotatable bonds is 3. The summed E-state index contributed by atoms with van der Waals surface area (Å²) in [6.45, 7) is 4.10. The second kappa shape index (κ2) is 8.23. The van der Waals surface area contributed by atoms with E-state index in [4.69, 9.17) is 11.6 Å². The molecule has 1 aromatic rings. The van der Waals surface area contributed by atoms with Crippen LogP contribution in [0.3, 0.4) is 0 Å². The van der Waals surface area contributed by atoms with Crippen LogP contribution >= 0.6 is 52.3 Å². The van der Waals surface area contributed by atoms with Crippen molar-refractivity contribution in [3.05, 3.63) is 27.2 Å². The zero-order valence-electron chi connectivity index (χ0n) is 11.5. The van der Waals surface area contributed by atoms with Gasteiger partial charge in [-0.05, 0) is 46.8 Å². The maximum atomic E-state index is 10.4. The molecule has 1 aliphatic heterocycles. The predicted molar refractivity (Wildman–Crippen MR) is 95.2 cm³/mol. The van der Waals surface area contributed by atoms with Gasteiger partial charge in [-0.25, -0.2) is 0 Å². The molecule has 7 heteroatoms. The lowest BCUT2D eigenvalue weighted by atomic mass is 9.99. The van der Waals surface area contributed by atoms with E-state index in [9.17, 15) is 5.11 Å². The van der Waals surface area contributed by atoms with Gasteiger partial charge in [0.15, 0.2) is 0 Å². The van der Waals surface area contributed by atoms with Crippen LogP contribution in [0.1, 0.15) is 24.4 Å². The molecule has 2 N–H and O–H groups in total. The minimum Gasteiger partial charge on any atom is -0.506 e. The van der Waals surface area contributed by atoms with Crippen LogP contribution < -0.4 is 5.32 Å². The quantitative estimate of drug-likeness (QED) is 0.779. The molecule has 0 amide bonds. The highest BCUT2D eigenvalue weighted by Gasteiger charge is 2.38. The van der Waals surface area contributed by atoms with E-state index >= 15 is 0 Å². The van der Waals surface area contributed by atoms with E-state index in [2.05, 4.69) is 26.1 Å². The highest BCUT2D eigenvalue weighted by Crippen LogP contribution is 2.48. The van der Waals surface area contributed by atoms with Gasteiger partial charge in [0.25, 0.3) is 0 Å². The van der Waals surface area contributed by atoms with Gasteiger partial charge < -0.3 is 10.4 Å². The summed E-state index contributed by atoms with van der Waals surface area (Å²) >= 11 is 9.55. The molecule has 0 aromatic heterocycles. The molecule has 0 radical (unpaired) electrons. The molecule has 1 saturated heterocycles. The minimum absolute atomic E-state index is 0. The Balaban J connectivity index is 0.00000110. The molecule has 0 unspecified atom stereocenters. The van der Waals surface area contributed by atoms with Crippen molar-refractivity contribution in [3.63, 3.8) is 0 Å². The van der Waals surface area contributed by atoms with Gasteiger partial charge in [-0.15, -0.1) is 24.8 Å². The van der Waals surface area contributed by atoms with Crippen molar-refractivity contribution in [1.29, 1.82) is 0 Å². The zero-order chi connectivity index (χ0) is 13.4. The monoisotopic (exact) mass is 416 g/mol. The highest BCUT2D eigenvalue weighted by atomic mass is 79.9. The predicted octanol–water partition coefficient (Wildman–Crippen LogP) is 4.01. The van der Waals surface area contributed by atoms with Crippen molar-refractivity contribution >= 4 is 52.3 Å². The molecule has 1 aliphatic carbocycles. The van der Waals surface area contributed by atoms with Crippen molar-refractivity contribution in [2.45, 2.75) is 18.9 Å². The lowest BCUT2D eigenvalue weighted by Gasteiger charge is -2.36. The Labute approximate surface area is 151 Å². The molecule has 1 aromatic carbocycles. The number of nitrogens with zero attached hydrogens (tertiary/aromatic N) is 1. The Bertz CT molecular complexity index is 480. The normalized spacial score (nSPS) is 20.3. The summed E-state index contributed by atoms with van der Waals surface area (Å²) in [4.78, 5) is 2.48. The molecule has 120 valence electrons. The average molecular weight is 419 g/mol. The van der Waals surface area contributed by atoms with Crippen molar-refractivity contribution in [2.75, 3.05) is 26.2 Å². The molecule has 1 saturated carbocycles. The average Bonchev–Trinajstić information content (AvgIpc) is 3.21. The number of piperazine rings is 1. The van der Waals surface area contributed by atoms with Crippen LogP contribution in [0.2, 0.25) is 5.02 Å². The zero-order valence-corrected chi connectivity index (χ0v) is 15.5. The molecule has 3 rings (SSSR count). The fourth-order valence-corrected chi connectivity index (χ4v) is 3.77. The maximum absolute atomic E-state index is 10.4. The minimum atomic E-state index is 0. The lowest BCUT2D eigenvalue weighted by Crippen LogP contribution is -2.45. The highest BCUT2D eigenvalue weighted by molar-refractivity contribution is 9.10. The van der Waals surface area contributed by atoms with E-state index in [1.807, 2.05) is 6.07 Å². The summed E-state index contributed by atoms with van der Waals surface area (Å²) in [5, 5.41) is 14.4. The third kappa shape index (κ3) is 4.40. The van der Waals surface area contributed by atoms with Crippen molar-refractivity contribution in [3.8, 4) is 5.75 Å². The van der Waals surface area contributed by atoms with E-state index in [0.717, 1.165) is 31.7 Å². The van der Waals surface area contributed by atoms with Crippen molar-refractivity contribution in [1.82, 2.24) is 10.2 Å². The molecule has 0 spiro atoms. The van der Waals surface area contributed by atoms with Gasteiger partial charge in [0.1, 0.15) is 5.75 Å². The SMILES string of the molecule is Cl.Cl.Oc1c(Br)cc(Cl)cc1[C@@H](C1CC1)N1CCNCC1. The molecular formula is C14H20BrCl3N2O. The summed E-state index contributed by atoms with van der Waals surface area (Å²) in [6, 6.07) is 3.98. The Morgan fingerprint density at radius 2 is 1.86 bits per heavy atom. The first-order chi connectivity index (χ1) is 9.16. The van der Waals surface area contributed by atoms with Crippen LogP contribution in [-0.4, -0.2) is 36.2 Å². The van der Waals surface area contributed by atoms with E-state index in [1.54, 1.807) is 6.07 Å². The molecule has 1 heterocycles. The smallest absolute Gasteiger partial charge is 0.134 e. The Morgan fingerprint density at radius 1 is 1.24 bits per heavy atom. The van der Waals surface area contributed by atoms with Gasteiger partial charge >= 0.3 is 0 Å². The van der Waals surface area contributed by atoms with Crippen LogP contribution in [-0.2, 0) is 0 Å². The van der Waals surface area contributed by atoms with Crippen LogP contribution in [0.5, 0.6) is 5.75 Å². The van der Waals surface area contributed by atoms with Crippen LogP contribution in [0.25, 0.3) is 0 Å². The summed E-state index contributed by atoms with van der Waals surface area (Å²) in [5.74, 6) is 1.01. The Kier molecular flexibility index (Phi) is 7.58. The topological polar surface area (TPSA) is 35.5 Å². The molecule has 1 atom stereocenters. The number of benzene rings is 1. The standard InChI is InChI=1S/C14H18BrClN2O.2ClH/c15-12-8-10(16)7-11(14(12)19)13(9-1-2-9)18-5-3-17-4-6-18;;/h7-9,13,17,19H,1-6H2;2*1H/t13-;;/m1../s1. The molecule has 21 heavy (non-hydrogen) atoms. The van der Waals surface area contributed by atoms with E-state index in [1.165, 1.54) is 12.8 Å². The summed E-state index contributed by atoms with van der Waals surface area (Å²) in [7, 11) is 0. The van der Waals surface area contributed by atoms with Gasteiger partial charge in [0, 0.05) is 42.8 Å². The molecule has 2 fully saturated rings. The Hall–Kier alpha value is 0.290. The Morgan fingerprint density at radius 3 is 2.43 bits per heavy atom. The van der Waals surface area contributed by atoms with Crippen LogP contribution in [0, 0.1) is 5.92 Å². The third-order valence-electron chi connectivity index (χ3n) is 3.99. The van der Waals surface area contributed by atoms with Gasteiger partial charge in [-0.3, -0.25) is 4.90 Å². The summed E-state index contributed by atoms with van der Waals surface area (Å²) < 4.78 is 0.691. The summed E-state index contributed by atoms with van der Waals surface area (Å²) in [6.07, 6.45) is 2.50. The second-order valence-electron chi connectivity index (χ2n) is 5.39. The number of aromatic hydroxyl groups is 1. The van der Waals surface area contributed by atoms with Crippen LogP contribution in [0.4, 0.5) is 0 Å². The number of nitrogens with one attached hydrogen (secondary N) is 1. The first-order valence-corrected chi connectivity index (χ1v) is 7.96. The first-order valence-electron chi connectivity index (χ1n) is 6.79. The number of halogens is 4. The summed E-state index contributed by atoms with van der Waals surface area (Å²) in [5.41, 5.74) is 0.976. The number of hydrogen-bond donors (Lipinski definition) is 2.